The maximum atomic E-state index is 6.08. The van der Waals surface area contributed by atoms with Crippen LogP contribution in [0.2, 0.25) is 0 Å². The first kappa shape index (κ1) is 13.5. The molecule has 0 amide bonds. The van der Waals surface area contributed by atoms with E-state index >= 15 is 0 Å². The van der Waals surface area contributed by atoms with Gasteiger partial charge in [0.15, 0.2) is 5.75 Å². The van der Waals surface area contributed by atoms with Gasteiger partial charge in [-0.15, -0.1) is 0 Å². The second-order valence-electron chi connectivity index (χ2n) is 5.18. The molecule has 0 aliphatic rings. The minimum Gasteiger partial charge on any atom is -0.375 e. The summed E-state index contributed by atoms with van der Waals surface area (Å²) in [7, 11) is 0. The van der Waals surface area contributed by atoms with Gasteiger partial charge < -0.3 is 4.84 Å². The number of hydrogen-bond acceptors (Lipinski definition) is 4. The molecule has 4 rings (SSSR count). The Morgan fingerprint density at radius 2 is 1.74 bits per heavy atom. The van der Waals surface area contributed by atoms with E-state index in [1.54, 1.807) is 23.3 Å². The van der Waals surface area contributed by atoms with Crippen LogP contribution in [0.25, 0.3) is 22.2 Å². The lowest BCUT2D eigenvalue weighted by molar-refractivity contribution is 0.233. The molecule has 23 heavy (non-hydrogen) atoms. The summed E-state index contributed by atoms with van der Waals surface area (Å²) >= 11 is 0. The van der Waals surface area contributed by atoms with Crippen molar-refractivity contribution < 1.29 is 4.84 Å². The first-order valence-corrected chi connectivity index (χ1v) is 7.29. The SMILES string of the molecule is Cc1ncc(-c2cc3cnccc3n2Oc2ccccc2)cn1. The van der Waals surface area contributed by atoms with Gasteiger partial charge in [-0.2, -0.15) is 4.73 Å². The highest BCUT2D eigenvalue weighted by Crippen LogP contribution is 2.28. The highest BCUT2D eigenvalue weighted by Gasteiger charge is 2.13. The van der Waals surface area contributed by atoms with Crippen LogP contribution < -0.4 is 4.84 Å². The molecular weight excluding hydrogens is 288 g/mol. The van der Waals surface area contributed by atoms with Gasteiger partial charge in [0.1, 0.15) is 5.82 Å². The van der Waals surface area contributed by atoms with Crippen LogP contribution in [0.1, 0.15) is 5.82 Å². The average molecular weight is 302 g/mol. The Bertz CT molecular complexity index is 946. The lowest BCUT2D eigenvalue weighted by Gasteiger charge is -2.11. The second-order valence-corrected chi connectivity index (χ2v) is 5.18. The molecule has 0 aliphatic carbocycles. The molecule has 0 spiro atoms. The van der Waals surface area contributed by atoms with Crippen LogP contribution in [-0.2, 0) is 0 Å². The first-order valence-electron chi connectivity index (χ1n) is 7.29. The molecule has 0 saturated carbocycles. The largest absolute Gasteiger partial charge is 0.375 e. The third-order valence-electron chi connectivity index (χ3n) is 3.57. The second kappa shape index (κ2) is 5.53. The summed E-state index contributed by atoms with van der Waals surface area (Å²) in [5.74, 6) is 1.50. The van der Waals surface area contributed by atoms with Crippen LogP contribution in [0.15, 0.2) is 67.3 Å². The molecule has 0 aliphatic heterocycles. The number of aryl methyl sites for hydroxylation is 1. The highest BCUT2D eigenvalue weighted by atomic mass is 16.7. The number of pyridine rings is 1. The molecule has 0 radical (unpaired) electrons. The van der Waals surface area contributed by atoms with E-state index in [9.17, 15) is 0 Å². The molecule has 0 unspecified atom stereocenters. The molecule has 5 nitrogen and oxygen atoms in total. The molecule has 0 bridgehead atoms. The maximum absolute atomic E-state index is 6.08. The molecular formula is C18H14N4O. The predicted molar refractivity (Wildman–Crippen MR) is 88.0 cm³/mol. The molecule has 0 atom stereocenters. The summed E-state index contributed by atoms with van der Waals surface area (Å²) in [5.41, 5.74) is 2.72. The Kier molecular flexibility index (Phi) is 3.24. The van der Waals surface area contributed by atoms with Crippen molar-refractivity contribution in [1.82, 2.24) is 19.7 Å². The van der Waals surface area contributed by atoms with E-state index in [0.29, 0.717) is 0 Å². The Morgan fingerprint density at radius 3 is 2.52 bits per heavy atom. The van der Waals surface area contributed by atoms with E-state index in [2.05, 4.69) is 15.0 Å². The molecule has 0 N–H and O–H groups in total. The summed E-state index contributed by atoms with van der Waals surface area (Å²) in [5, 5.41) is 0.999. The fourth-order valence-corrected chi connectivity index (χ4v) is 2.44. The van der Waals surface area contributed by atoms with Crippen molar-refractivity contribution in [1.29, 1.82) is 0 Å². The van der Waals surface area contributed by atoms with Crippen molar-refractivity contribution in [2.24, 2.45) is 0 Å². The maximum Gasteiger partial charge on any atom is 0.155 e. The predicted octanol–water partition coefficient (Wildman–Crippen LogP) is 3.64. The van der Waals surface area contributed by atoms with Crippen molar-refractivity contribution in [3.8, 4) is 17.0 Å². The fraction of sp³-hybridized carbons (Fsp3) is 0.0556. The number of para-hydroxylation sites is 1. The van der Waals surface area contributed by atoms with Gasteiger partial charge in [-0.3, -0.25) is 4.98 Å². The number of nitrogens with zero attached hydrogens (tertiary/aromatic N) is 4. The van der Waals surface area contributed by atoms with Gasteiger partial charge >= 0.3 is 0 Å². The van der Waals surface area contributed by atoms with Crippen LogP contribution >= 0.6 is 0 Å². The summed E-state index contributed by atoms with van der Waals surface area (Å²) in [6, 6.07) is 13.6. The van der Waals surface area contributed by atoms with Gasteiger partial charge in [0.2, 0.25) is 0 Å². The fourth-order valence-electron chi connectivity index (χ4n) is 2.44. The van der Waals surface area contributed by atoms with Crippen molar-refractivity contribution in [2.45, 2.75) is 6.92 Å². The van der Waals surface area contributed by atoms with Gasteiger partial charge in [-0.1, -0.05) is 18.2 Å². The Balaban J connectivity index is 1.89. The van der Waals surface area contributed by atoms with Crippen molar-refractivity contribution in [2.75, 3.05) is 0 Å². The molecule has 0 saturated heterocycles. The van der Waals surface area contributed by atoms with Crippen LogP contribution in [0.3, 0.4) is 0 Å². The number of aromatic nitrogens is 4. The van der Waals surface area contributed by atoms with Gasteiger partial charge in [0.05, 0.1) is 11.2 Å². The molecule has 112 valence electrons. The topological polar surface area (TPSA) is 52.8 Å². The van der Waals surface area contributed by atoms with E-state index in [-0.39, 0.29) is 0 Å². The highest BCUT2D eigenvalue weighted by molar-refractivity contribution is 5.85. The smallest absolute Gasteiger partial charge is 0.155 e. The quantitative estimate of drug-likeness (QED) is 0.580. The molecule has 3 heterocycles. The monoisotopic (exact) mass is 302 g/mol. The summed E-state index contributed by atoms with van der Waals surface area (Å²) in [6.45, 7) is 1.86. The summed E-state index contributed by atoms with van der Waals surface area (Å²) in [4.78, 5) is 18.8. The van der Waals surface area contributed by atoms with Crippen LogP contribution in [0.4, 0.5) is 0 Å². The summed E-state index contributed by atoms with van der Waals surface area (Å²) in [6.07, 6.45) is 7.17. The minimum absolute atomic E-state index is 0.738. The third kappa shape index (κ3) is 2.53. The zero-order valence-corrected chi connectivity index (χ0v) is 12.5. The van der Waals surface area contributed by atoms with E-state index in [1.165, 1.54) is 0 Å². The van der Waals surface area contributed by atoms with E-state index in [1.807, 2.05) is 55.6 Å². The van der Waals surface area contributed by atoms with Gasteiger partial charge in [0.25, 0.3) is 0 Å². The number of hydrogen-bond donors (Lipinski definition) is 0. The zero-order chi connectivity index (χ0) is 15.6. The average Bonchev–Trinajstić information content (AvgIpc) is 2.95. The van der Waals surface area contributed by atoms with E-state index in [4.69, 9.17) is 4.84 Å². The van der Waals surface area contributed by atoms with Crippen molar-refractivity contribution in [3.63, 3.8) is 0 Å². The van der Waals surface area contributed by atoms with Gasteiger partial charge in [-0.25, -0.2) is 9.97 Å². The normalized spacial score (nSPS) is 10.8. The van der Waals surface area contributed by atoms with Crippen LogP contribution in [0.5, 0.6) is 5.75 Å². The third-order valence-corrected chi connectivity index (χ3v) is 3.57. The molecule has 5 heteroatoms. The van der Waals surface area contributed by atoms with Crippen molar-refractivity contribution >= 4 is 10.9 Å². The number of benzene rings is 1. The van der Waals surface area contributed by atoms with E-state index < -0.39 is 0 Å². The van der Waals surface area contributed by atoms with Gasteiger partial charge in [0, 0.05) is 35.7 Å². The number of fused-ring (bicyclic) bond motifs is 1. The zero-order valence-electron chi connectivity index (χ0n) is 12.5. The number of rotatable bonds is 3. The Morgan fingerprint density at radius 1 is 0.957 bits per heavy atom. The van der Waals surface area contributed by atoms with Crippen molar-refractivity contribution in [3.05, 3.63) is 73.1 Å². The lowest BCUT2D eigenvalue weighted by atomic mass is 10.2. The molecule has 4 aromatic rings. The minimum atomic E-state index is 0.738. The Labute approximate surface area is 133 Å². The molecule has 3 aromatic heterocycles. The van der Waals surface area contributed by atoms with E-state index in [0.717, 1.165) is 33.7 Å². The first-order chi connectivity index (χ1) is 11.3. The van der Waals surface area contributed by atoms with Crippen LogP contribution in [-0.4, -0.2) is 19.7 Å². The molecule has 0 fully saturated rings. The lowest BCUT2D eigenvalue weighted by Crippen LogP contribution is -2.07. The Hall–Kier alpha value is -3.21. The van der Waals surface area contributed by atoms with Crippen LogP contribution in [0, 0.1) is 6.92 Å². The van der Waals surface area contributed by atoms with Gasteiger partial charge in [-0.05, 0) is 31.2 Å². The standard InChI is InChI=1S/C18H14N4O/c1-13-20-11-15(12-21-13)18-9-14-10-19-8-7-17(14)22(18)23-16-5-3-2-4-6-16/h2-12H,1H3. The summed E-state index contributed by atoms with van der Waals surface area (Å²) < 4.78 is 1.79. The molecule has 1 aromatic carbocycles.